The fourth-order valence-electron chi connectivity index (χ4n) is 0.542. The molecule has 0 spiro atoms. The van der Waals surface area contributed by atoms with E-state index in [0.29, 0.717) is 0 Å². The molecule has 0 radical (unpaired) electrons. The SMILES string of the molecule is [O-][N+]1(Cl)CC=CC=C1Cl. The second-order valence-electron chi connectivity index (χ2n) is 1.75. The Balaban J connectivity index is 2.83. The minimum atomic E-state index is -1.00. The first kappa shape index (κ1) is 7.09. The molecule has 0 saturated carbocycles. The van der Waals surface area contributed by atoms with Crippen LogP contribution in [0.15, 0.2) is 23.4 Å². The van der Waals surface area contributed by atoms with Gasteiger partial charge in [-0.05, 0) is 17.7 Å². The summed E-state index contributed by atoms with van der Waals surface area (Å²) in [5, 5.41) is 11.0. The number of hydrogen-bond acceptors (Lipinski definition) is 1. The van der Waals surface area contributed by atoms with Crippen LogP contribution in [0.25, 0.3) is 0 Å². The lowest BCUT2D eigenvalue weighted by atomic mass is 10.4. The van der Waals surface area contributed by atoms with Gasteiger partial charge in [-0.15, -0.1) is 0 Å². The summed E-state index contributed by atoms with van der Waals surface area (Å²) in [5.74, 6) is 0. The van der Waals surface area contributed by atoms with Crippen LogP contribution in [0.3, 0.4) is 0 Å². The topological polar surface area (TPSA) is 23.1 Å². The molecule has 2 nitrogen and oxygen atoms in total. The van der Waals surface area contributed by atoms with E-state index in [9.17, 15) is 5.21 Å². The average molecular weight is 166 g/mol. The van der Waals surface area contributed by atoms with Gasteiger partial charge in [-0.1, -0.05) is 6.08 Å². The van der Waals surface area contributed by atoms with Crippen molar-refractivity contribution in [2.45, 2.75) is 0 Å². The molecular weight excluding hydrogens is 161 g/mol. The maximum atomic E-state index is 10.9. The molecule has 1 atom stereocenters. The lowest BCUT2D eigenvalue weighted by Crippen LogP contribution is -2.29. The molecule has 1 rings (SSSR count). The van der Waals surface area contributed by atoms with Crippen molar-refractivity contribution in [2.24, 2.45) is 0 Å². The molecule has 9 heavy (non-hydrogen) atoms. The molecule has 0 amide bonds. The molecule has 0 aliphatic carbocycles. The predicted octanol–water partition coefficient (Wildman–Crippen LogP) is 2.10. The van der Waals surface area contributed by atoms with E-state index in [0.717, 1.165) is 0 Å². The van der Waals surface area contributed by atoms with Crippen molar-refractivity contribution in [3.63, 3.8) is 0 Å². The van der Waals surface area contributed by atoms with Gasteiger partial charge in [0.1, 0.15) is 6.54 Å². The van der Waals surface area contributed by atoms with Crippen LogP contribution in [0.5, 0.6) is 0 Å². The lowest BCUT2D eigenvalue weighted by molar-refractivity contribution is -0.703. The maximum Gasteiger partial charge on any atom is 0.219 e. The molecule has 0 bridgehead atoms. The standard InChI is InChI=1S/C5H5Cl2NO/c6-5-3-1-2-4-8(5,7)9/h1-3H,4H2. The number of allylic oxidation sites excluding steroid dienone is 2. The Morgan fingerprint density at radius 2 is 2.33 bits per heavy atom. The van der Waals surface area contributed by atoms with E-state index in [-0.39, 0.29) is 11.7 Å². The van der Waals surface area contributed by atoms with Crippen molar-refractivity contribution < 1.29 is 4.17 Å². The molecule has 0 saturated heterocycles. The lowest BCUT2D eigenvalue weighted by Gasteiger charge is -2.31. The highest BCUT2D eigenvalue weighted by Gasteiger charge is 2.19. The summed E-state index contributed by atoms with van der Waals surface area (Å²) in [5.41, 5.74) is 0. The molecule has 50 valence electrons. The highest BCUT2D eigenvalue weighted by molar-refractivity contribution is 6.30. The van der Waals surface area contributed by atoms with Crippen molar-refractivity contribution in [2.75, 3.05) is 6.54 Å². The first-order chi connectivity index (χ1) is 4.13. The molecule has 1 aliphatic rings. The third-order valence-corrected chi connectivity index (χ3v) is 1.83. The minimum absolute atomic E-state index is 0.110. The van der Waals surface area contributed by atoms with Crippen molar-refractivity contribution in [1.29, 1.82) is 0 Å². The Bertz CT molecular complexity index is 174. The number of quaternary nitrogens is 1. The van der Waals surface area contributed by atoms with Gasteiger partial charge in [0.15, 0.2) is 11.8 Å². The van der Waals surface area contributed by atoms with Crippen LogP contribution in [0.2, 0.25) is 0 Å². The van der Waals surface area contributed by atoms with Gasteiger partial charge in [-0.3, -0.25) is 0 Å². The quantitative estimate of drug-likeness (QED) is 0.307. The predicted molar refractivity (Wildman–Crippen MR) is 37.4 cm³/mol. The molecule has 0 N–H and O–H groups in total. The average Bonchev–Trinajstić information content (AvgIpc) is 1.77. The first-order valence-corrected chi connectivity index (χ1v) is 3.16. The van der Waals surface area contributed by atoms with E-state index in [1.807, 2.05) is 0 Å². The highest BCUT2D eigenvalue weighted by Crippen LogP contribution is 2.25. The van der Waals surface area contributed by atoms with E-state index < -0.39 is 4.17 Å². The fraction of sp³-hybridized carbons (Fsp3) is 0.200. The van der Waals surface area contributed by atoms with Gasteiger partial charge < -0.3 is 5.21 Å². The number of halogens is 2. The smallest absolute Gasteiger partial charge is 0.219 e. The maximum absolute atomic E-state index is 10.9. The zero-order valence-corrected chi connectivity index (χ0v) is 6.06. The molecule has 1 heterocycles. The molecule has 4 heteroatoms. The van der Waals surface area contributed by atoms with Crippen LogP contribution in [0.4, 0.5) is 0 Å². The number of hydrogen-bond donors (Lipinski definition) is 0. The molecule has 0 aromatic carbocycles. The van der Waals surface area contributed by atoms with Crippen molar-refractivity contribution in [1.82, 2.24) is 0 Å². The Kier molecular flexibility index (Phi) is 1.82. The van der Waals surface area contributed by atoms with E-state index in [4.69, 9.17) is 23.4 Å². The molecule has 0 fully saturated rings. The Morgan fingerprint density at radius 3 is 2.67 bits per heavy atom. The molecule has 0 aromatic rings. The van der Waals surface area contributed by atoms with Crippen molar-refractivity contribution in [3.8, 4) is 0 Å². The zero-order chi connectivity index (χ0) is 6.91. The Morgan fingerprint density at radius 1 is 1.67 bits per heavy atom. The number of nitrogens with zero attached hydrogens (tertiary/aromatic N) is 1. The summed E-state index contributed by atoms with van der Waals surface area (Å²) < 4.78 is -1.00. The molecule has 1 aliphatic heterocycles. The molecule has 0 aromatic heterocycles. The summed E-state index contributed by atoms with van der Waals surface area (Å²) in [4.78, 5) is 0. The monoisotopic (exact) mass is 165 g/mol. The molecule has 1 unspecified atom stereocenters. The summed E-state index contributed by atoms with van der Waals surface area (Å²) in [6.45, 7) is 0.205. The summed E-state index contributed by atoms with van der Waals surface area (Å²) in [6, 6.07) is 0. The van der Waals surface area contributed by atoms with Gasteiger partial charge in [-0.2, -0.15) is 0 Å². The highest BCUT2D eigenvalue weighted by atomic mass is 35.5. The summed E-state index contributed by atoms with van der Waals surface area (Å²) in [6.07, 6.45) is 4.87. The molecular formula is C5H5Cl2NO. The van der Waals surface area contributed by atoms with E-state index in [1.54, 1.807) is 12.2 Å². The Hall–Kier alpha value is -0.0200. The van der Waals surface area contributed by atoms with Gasteiger partial charge >= 0.3 is 0 Å². The van der Waals surface area contributed by atoms with Gasteiger partial charge in [0.2, 0.25) is 5.16 Å². The normalized spacial score (nSPS) is 34.3. The second kappa shape index (κ2) is 2.31. The Labute approximate surface area is 63.3 Å². The third kappa shape index (κ3) is 1.46. The van der Waals surface area contributed by atoms with E-state index in [1.165, 1.54) is 6.08 Å². The first-order valence-electron chi connectivity index (χ1n) is 2.44. The van der Waals surface area contributed by atoms with E-state index >= 15 is 0 Å². The van der Waals surface area contributed by atoms with Gasteiger partial charge in [0.05, 0.1) is 0 Å². The van der Waals surface area contributed by atoms with Crippen molar-refractivity contribution >= 4 is 23.4 Å². The third-order valence-electron chi connectivity index (χ3n) is 1.03. The van der Waals surface area contributed by atoms with Crippen LogP contribution in [-0.4, -0.2) is 10.7 Å². The van der Waals surface area contributed by atoms with Crippen LogP contribution in [0, 0.1) is 5.21 Å². The largest absolute Gasteiger partial charge is 0.607 e. The van der Waals surface area contributed by atoms with Gasteiger partial charge in [-0.25, -0.2) is 4.17 Å². The zero-order valence-electron chi connectivity index (χ0n) is 4.55. The van der Waals surface area contributed by atoms with E-state index in [2.05, 4.69) is 0 Å². The minimum Gasteiger partial charge on any atom is -0.607 e. The number of rotatable bonds is 0. The van der Waals surface area contributed by atoms with Crippen molar-refractivity contribution in [3.05, 3.63) is 28.6 Å². The van der Waals surface area contributed by atoms with Crippen LogP contribution in [-0.2, 0) is 0 Å². The summed E-state index contributed by atoms with van der Waals surface area (Å²) >= 11 is 10.8. The second-order valence-corrected chi connectivity index (χ2v) is 2.69. The van der Waals surface area contributed by atoms with Crippen LogP contribution in [0.1, 0.15) is 0 Å². The van der Waals surface area contributed by atoms with Gasteiger partial charge in [0.25, 0.3) is 0 Å². The number of hydroxylamine groups is 2. The van der Waals surface area contributed by atoms with Crippen LogP contribution < -0.4 is 0 Å². The summed E-state index contributed by atoms with van der Waals surface area (Å²) in [7, 11) is 0. The van der Waals surface area contributed by atoms with Crippen LogP contribution >= 0.6 is 23.4 Å². The fourth-order valence-corrected chi connectivity index (χ4v) is 0.820. The van der Waals surface area contributed by atoms with Gasteiger partial charge in [0, 0.05) is 6.08 Å².